The Bertz CT molecular complexity index is 401. The van der Waals surface area contributed by atoms with Gasteiger partial charge in [-0.2, -0.15) is 4.98 Å². The smallest absolute Gasteiger partial charge is 0.357 e. The molecule has 1 aliphatic carbocycles. The first-order valence-corrected chi connectivity index (χ1v) is 5.09. The molecule has 5 nitrogen and oxygen atoms in total. The third-order valence-electron chi connectivity index (χ3n) is 2.81. The highest BCUT2D eigenvalue weighted by Gasteiger charge is 2.38. The second-order valence-electron chi connectivity index (χ2n) is 4.18. The van der Waals surface area contributed by atoms with Gasteiger partial charge in [0.2, 0.25) is 0 Å². The summed E-state index contributed by atoms with van der Waals surface area (Å²) >= 11 is 0. The fourth-order valence-corrected chi connectivity index (χ4v) is 1.75. The number of carbonyl (C=O) groups is 1. The second-order valence-corrected chi connectivity index (χ2v) is 4.18. The van der Waals surface area contributed by atoms with Crippen molar-refractivity contribution >= 4 is 12.0 Å². The fraction of sp³-hybridized carbons (Fsp3) is 0.600. The van der Waals surface area contributed by atoms with E-state index in [9.17, 15) is 9.18 Å². The third kappa shape index (κ3) is 2.00. The van der Waals surface area contributed by atoms with Crippen LogP contribution < -0.4 is 4.90 Å². The molecule has 0 spiro atoms. The summed E-state index contributed by atoms with van der Waals surface area (Å²) in [6.45, 7) is 0.187. The highest BCUT2D eigenvalue weighted by Crippen LogP contribution is 2.36. The minimum Gasteiger partial charge on any atom is -0.476 e. The lowest BCUT2D eigenvalue weighted by atomic mass is 9.82. The molecule has 0 amide bonds. The van der Waals surface area contributed by atoms with E-state index < -0.39 is 11.6 Å². The molecule has 1 saturated carbocycles. The van der Waals surface area contributed by atoms with Gasteiger partial charge in [-0.1, -0.05) is 0 Å². The number of aromatic carboxylic acids is 1. The lowest BCUT2D eigenvalue weighted by Gasteiger charge is -2.36. The molecule has 1 aliphatic rings. The molecule has 0 saturated heterocycles. The van der Waals surface area contributed by atoms with Gasteiger partial charge in [-0.05, 0) is 19.3 Å². The number of nitrogens with zero attached hydrogens (tertiary/aromatic N) is 2. The van der Waals surface area contributed by atoms with E-state index in [0.717, 1.165) is 12.7 Å². The Balaban J connectivity index is 2.02. The summed E-state index contributed by atoms with van der Waals surface area (Å²) in [4.78, 5) is 15.8. The summed E-state index contributed by atoms with van der Waals surface area (Å²) in [5, 5.41) is 8.65. The van der Waals surface area contributed by atoms with Crippen LogP contribution in [0.3, 0.4) is 0 Å². The molecule has 6 heteroatoms. The van der Waals surface area contributed by atoms with E-state index >= 15 is 0 Å². The number of anilines is 1. The summed E-state index contributed by atoms with van der Waals surface area (Å²) in [5.74, 6) is -1.15. The molecular formula is C10H13FN2O3. The first kappa shape index (κ1) is 10.9. The van der Waals surface area contributed by atoms with Gasteiger partial charge in [0.05, 0.1) is 6.54 Å². The van der Waals surface area contributed by atoms with Crippen LogP contribution >= 0.6 is 0 Å². The Kier molecular flexibility index (Phi) is 2.57. The first-order valence-electron chi connectivity index (χ1n) is 5.09. The number of aromatic nitrogens is 1. The zero-order chi connectivity index (χ0) is 11.8. The quantitative estimate of drug-likeness (QED) is 0.849. The van der Waals surface area contributed by atoms with E-state index in [4.69, 9.17) is 9.52 Å². The monoisotopic (exact) mass is 228 g/mol. The third-order valence-corrected chi connectivity index (χ3v) is 2.81. The van der Waals surface area contributed by atoms with Crippen LogP contribution in [0, 0.1) is 0 Å². The number of halogens is 1. The standard InChI is InChI=1S/C10H13FN2O3/c1-13(6-10(11)3-2-4-10)9-12-7(5-16-9)8(14)15/h5H,2-4,6H2,1H3,(H,14,15). The largest absolute Gasteiger partial charge is 0.476 e. The van der Waals surface area contributed by atoms with Gasteiger partial charge >= 0.3 is 5.97 Å². The summed E-state index contributed by atoms with van der Waals surface area (Å²) in [6.07, 6.45) is 3.05. The lowest BCUT2D eigenvalue weighted by molar-refractivity contribution is 0.0690. The van der Waals surface area contributed by atoms with Gasteiger partial charge in [0, 0.05) is 7.05 Å². The van der Waals surface area contributed by atoms with Gasteiger partial charge < -0.3 is 14.4 Å². The topological polar surface area (TPSA) is 66.6 Å². The Labute approximate surface area is 91.9 Å². The minimum absolute atomic E-state index is 0.140. The number of hydrogen-bond donors (Lipinski definition) is 1. The first-order chi connectivity index (χ1) is 7.50. The number of carboxylic acids is 1. The molecular weight excluding hydrogens is 215 g/mol. The zero-order valence-corrected chi connectivity index (χ0v) is 8.94. The minimum atomic E-state index is -1.17. The van der Waals surface area contributed by atoms with Gasteiger partial charge in [-0.25, -0.2) is 9.18 Å². The Morgan fingerprint density at radius 1 is 1.75 bits per heavy atom. The van der Waals surface area contributed by atoms with Gasteiger partial charge in [0.15, 0.2) is 5.69 Å². The van der Waals surface area contributed by atoms with Crippen LogP contribution in [0.4, 0.5) is 10.4 Å². The van der Waals surface area contributed by atoms with Gasteiger partial charge in [0.1, 0.15) is 11.9 Å². The highest BCUT2D eigenvalue weighted by atomic mass is 19.1. The molecule has 0 unspecified atom stereocenters. The number of hydrogen-bond acceptors (Lipinski definition) is 4. The zero-order valence-electron chi connectivity index (χ0n) is 8.94. The molecule has 0 atom stereocenters. The maximum atomic E-state index is 13.8. The van der Waals surface area contributed by atoms with Crippen molar-refractivity contribution in [3.05, 3.63) is 12.0 Å². The summed E-state index contributed by atoms with van der Waals surface area (Å²) < 4.78 is 18.7. The lowest BCUT2D eigenvalue weighted by Crippen LogP contribution is -2.43. The Morgan fingerprint density at radius 2 is 2.44 bits per heavy atom. The van der Waals surface area contributed by atoms with Gasteiger partial charge in [-0.15, -0.1) is 0 Å². The number of rotatable bonds is 4. The van der Waals surface area contributed by atoms with Crippen LogP contribution in [-0.2, 0) is 0 Å². The normalized spacial score (nSPS) is 17.9. The Hall–Kier alpha value is -1.59. The van der Waals surface area contributed by atoms with Gasteiger partial charge in [0.25, 0.3) is 6.01 Å². The van der Waals surface area contributed by atoms with E-state index in [2.05, 4.69) is 4.98 Å². The predicted molar refractivity (Wildman–Crippen MR) is 54.4 cm³/mol. The van der Waals surface area contributed by atoms with Crippen molar-refractivity contribution in [2.45, 2.75) is 24.9 Å². The molecule has 0 aliphatic heterocycles. The molecule has 1 fully saturated rings. The summed E-state index contributed by atoms with van der Waals surface area (Å²) in [7, 11) is 1.64. The molecule has 88 valence electrons. The predicted octanol–water partition coefficient (Wildman–Crippen LogP) is 1.70. The molecule has 1 aromatic heterocycles. The van der Waals surface area contributed by atoms with E-state index in [1.165, 1.54) is 4.90 Å². The van der Waals surface area contributed by atoms with E-state index in [-0.39, 0.29) is 18.3 Å². The van der Waals surface area contributed by atoms with E-state index in [1.807, 2.05) is 0 Å². The summed E-state index contributed by atoms with van der Waals surface area (Å²) in [5.41, 5.74) is -1.34. The van der Waals surface area contributed by atoms with Crippen LogP contribution in [0.5, 0.6) is 0 Å². The Morgan fingerprint density at radius 3 is 2.88 bits per heavy atom. The molecule has 0 bridgehead atoms. The summed E-state index contributed by atoms with van der Waals surface area (Å²) in [6, 6.07) is 0.140. The maximum absolute atomic E-state index is 13.8. The van der Waals surface area contributed by atoms with Crippen molar-refractivity contribution in [1.82, 2.24) is 4.98 Å². The molecule has 1 N–H and O–H groups in total. The number of oxazole rings is 1. The van der Waals surface area contributed by atoms with Crippen LogP contribution in [0.1, 0.15) is 29.8 Å². The highest BCUT2D eigenvalue weighted by molar-refractivity contribution is 5.85. The van der Waals surface area contributed by atoms with Crippen molar-refractivity contribution in [2.24, 2.45) is 0 Å². The van der Waals surface area contributed by atoms with Crippen molar-refractivity contribution < 1.29 is 18.7 Å². The van der Waals surface area contributed by atoms with Crippen LogP contribution in [-0.4, -0.2) is 35.3 Å². The SMILES string of the molecule is CN(CC1(F)CCC1)c1nc(C(=O)O)co1. The molecule has 16 heavy (non-hydrogen) atoms. The van der Waals surface area contributed by atoms with Crippen molar-refractivity contribution in [3.8, 4) is 0 Å². The van der Waals surface area contributed by atoms with E-state index in [0.29, 0.717) is 12.8 Å². The van der Waals surface area contributed by atoms with Crippen LogP contribution in [0.25, 0.3) is 0 Å². The second kappa shape index (κ2) is 3.77. The van der Waals surface area contributed by atoms with Crippen LogP contribution in [0.2, 0.25) is 0 Å². The molecule has 2 rings (SSSR count). The van der Waals surface area contributed by atoms with Crippen LogP contribution in [0.15, 0.2) is 10.7 Å². The van der Waals surface area contributed by atoms with Gasteiger partial charge in [-0.3, -0.25) is 0 Å². The van der Waals surface area contributed by atoms with Crippen molar-refractivity contribution in [3.63, 3.8) is 0 Å². The molecule has 0 radical (unpaired) electrons. The maximum Gasteiger partial charge on any atom is 0.357 e. The fourth-order valence-electron chi connectivity index (χ4n) is 1.75. The van der Waals surface area contributed by atoms with E-state index in [1.54, 1.807) is 7.05 Å². The number of carboxylic acid groups (broad SMARTS) is 1. The molecule has 1 aromatic rings. The average Bonchev–Trinajstić information content (AvgIpc) is 2.64. The number of alkyl halides is 1. The average molecular weight is 228 g/mol. The molecule has 1 heterocycles. The van der Waals surface area contributed by atoms with Crippen molar-refractivity contribution in [1.29, 1.82) is 0 Å². The van der Waals surface area contributed by atoms with Crippen molar-refractivity contribution in [2.75, 3.05) is 18.5 Å². The molecule has 0 aromatic carbocycles.